The number of hydrogen-bond donors (Lipinski definition) is 0. The molecule has 1 aliphatic heterocycles. The van der Waals surface area contributed by atoms with Crippen LogP contribution in [-0.4, -0.2) is 35.0 Å². The van der Waals surface area contributed by atoms with E-state index in [1.165, 1.54) is 0 Å². The standard InChI is InChI=1S/C19H27N3O2/c1-19(2,3)24-18(23)22(14-8-4-5-9-14)17-15(10-6-13-21-17)16-11-7-12-20-16/h6,10,13-14H,4-5,7-9,11-12H2,1-3H3. The molecule has 5 heteroatoms. The summed E-state index contributed by atoms with van der Waals surface area (Å²) in [5, 5.41) is 0. The Balaban J connectivity index is 1.98. The number of aliphatic imine (C=N–C) groups is 1. The molecule has 5 nitrogen and oxygen atoms in total. The van der Waals surface area contributed by atoms with Crippen LogP contribution in [-0.2, 0) is 4.74 Å². The molecular weight excluding hydrogens is 302 g/mol. The SMILES string of the molecule is CC(C)(C)OC(=O)N(c1ncccc1C1=NCCC1)C1CCCC1. The number of aromatic nitrogens is 1. The minimum absolute atomic E-state index is 0.163. The molecule has 0 atom stereocenters. The highest BCUT2D eigenvalue weighted by atomic mass is 16.6. The average Bonchev–Trinajstić information content (AvgIpc) is 3.19. The Labute approximate surface area is 144 Å². The van der Waals surface area contributed by atoms with E-state index in [2.05, 4.69) is 9.98 Å². The van der Waals surface area contributed by atoms with E-state index < -0.39 is 5.60 Å². The van der Waals surface area contributed by atoms with Gasteiger partial charge in [-0.1, -0.05) is 12.8 Å². The Morgan fingerprint density at radius 3 is 2.62 bits per heavy atom. The first-order valence-corrected chi connectivity index (χ1v) is 8.96. The molecule has 0 radical (unpaired) electrons. The first-order valence-electron chi connectivity index (χ1n) is 8.96. The second kappa shape index (κ2) is 6.91. The van der Waals surface area contributed by atoms with E-state index in [1.54, 1.807) is 11.1 Å². The van der Waals surface area contributed by atoms with Gasteiger partial charge in [0, 0.05) is 30.1 Å². The minimum Gasteiger partial charge on any atom is -0.443 e. The number of carbonyl (C=O) groups excluding carboxylic acids is 1. The molecule has 0 spiro atoms. The molecule has 3 rings (SSSR count). The van der Waals surface area contributed by atoms with E-state index >= 15 is 0 Å². The van der Waals surface area contributed by atoms with Crippen LogP contribution in [0.4, 0.5) is 10.6 Å². The number of pyridine rings is 1. The molecule has 130 valence electrons. The Morgan fingerprint density at radius 2 is 2.00 bits per heavy atom. The number of hydrogen-bond acceptors (Lipinski definition) is 4. The Kier molecular flexibility index (Phi) is 4.88. The lowest BCUT2D eigenvalue weighted by atomic mass is 10.1. The Morgan fingerprint density at radius 1 is 1.25 bits per heavy atom. The number of rotatable bonds is 3. The lowest BCUT2D eigenvalue weighted by molar-refractivity contribution is 0.0564. The predicted octanol–water partition coefficient (Wildman–Crippen LogP) is 4.35. The smallest absolute Gasteiger partial charge is 0.416 e. The summed E-state index contributed by atoms with van der Waals surface area (Å²) in [7, 11) is 0. The van der Waals surface area contributed by atoms with Crippen molar-refractivity contribution in [2.75, 3.05) is 11.4 Å². The second-order valence-electron chi connectivity index (χ2n) is 7.60. The van der Waals surface area contributed by atoms with Crippen LogP contribution < -0.4 is 4.90 Å². The largest absolute Gasteiger partial charge is 0.443 e. The van der Waals surface area contributed by atoms with E-state index in [0.29, 0.717) is 5.82 Å². The van der Waals surface area contributed by atoms with Gasteiger partial charge in [0.15, 0.2) is 0 Å². The lowest BCUT2D eigenvalue weighted by Gasteiger charge is -2.32. The summed E-state index contributed by atoms with van der Waals surface area (Å²) in [6, 6.07) is 4.11. The van der Waals surface area contributed by atoms with E-state index in [9.17, 15) is 4.79 Å². The first-order chi connectivity index (χ1) is 11.5. The summed E-state index contributed by atoms with van der Waals surface area (Å²) in [5.74, 6) is 0.708. The van der Waals surface area contributed by atoms with Crippen molar-refractivity contribution in [1.82, 2.24) is 4.98 Å². The van der Waals surface area contributed by atoms with Gasteiger partial charge in [-0.05, 0) is 58.6 Å². The molecule has 1 aromatic rings. The van der Waals surface area contributed by atoms with E-state index in [4.69, 9.17) is 4.74 Å². The zero-order valence-electron chi connectivity index (χ0n) is 14.9. The maximum Gasteiger partial charge on any atom is 0.416 e. The monoisotopic (exact) mass is 329 g/mol. The fourth-order valence-electron chi connectivity index (χ4n) is 3.46. The number of ether oxygens (including phenoxy) is 1. The highest BCUT2D eigenvalue weighted by molar-refractivity contribution is 6.07. The number of anilines is 1. The topological polar surface area (TPSA) is 54.8 Å². The van der Waals surface area contributed by atoms with Gasteiger partial charge in [0.25, 0.3) is 0 Å². The van der Waals surface area contributed by atoms with Gasteiger partial charge in [-0.3, -0.25) is 9.89 Å². The fourth-order valence-corrected chi connectivity index (χ4v) is 3.46. The van der Waals surface area contributed by atoms with Crippen LogP contribution in [0, 0.1) is 0 Å². The van der Waals surface area contributed by atoms with Gasteiger partial charge in [0.05, 0.1) is 0 Å². The quantitative estimate of drug-likeness (QED) is 0.828. The van der Waals surface area contributed by atoms with Gasteiger partial charge in [-0.25, -0.2) is 9.78 Å². The van der Waals surface area contributed by atoms with Crippen molar-refractivity contribution < 1.29 is 9.53 Å². The first kappa shape index (κ1) is 16.9. The zero-order valence-corrected chi connectivity index (χ0v) is 14.9. The molecule has 0 saturated heterocycles. The molecule has 24 heavy (non-hydrogen) atoms. The molecular formula is C19H27N3O2. The zero-order chi connectivity index (χ0) is 17.2. The molecule has 1 saturated carbocycles. The van der Waals surface area contributed by atoms with Gasteiger partial charge in [0.2, 0.25) is 0 Å². The van der Waals surface area contributed by atoms with Crippen LogP contribution in [0.5, 0.6) is 0 Å². The van der Waals surface area contributed by atoms with Gasteiger partial charge in [-0.15, -0.1) is 0 Å². The van der Waals surface area contributed by atoms with Crippen LogP contribution in [0.1, 0.15) is 64.9 Å². The van der Waals surface area contributed by atoms with E-state index in [0.717, 1.165) is 56.3 Å². The third-order valence-corrected chi connectivity index (χ3v) is 4.48. The van der Waals surface area contributed by atoms with Crippen LogP contribution >= 0.6 is 0 Å². The highest BCUT2D eigenvalue weighted by Gasteiger charge is 2.34. The molecule has 1 amide bonds. The molecule has 1 aliphatic carbocycles. The molecule has 0 unspecified atom stereocenters. The van der Waals surface area contributed by atoms with E-state index in [1.807, 2.05) is 32.9 Å². The Bertz CT molecular complexity index is 628. The number of carbonyl (C=O) groups is 1. The molecule has 0 bridgehead atoms. The van der Waals surface area contributed by atoms with Crippen LogP contribution in [0.2, 0.25) is 0 Å². The average molecular weight is 329 g/mol. The molecule has 0 N–H and O–H groups in total. The van der Waals surface area contributed by atoms with Crippen LogP contribution in [0.25, 0.3) is 0 Å². The van der Waals surface area contributed by atoms with Crippen LogP contribution in [0.3, 0.4) is 0 Å². The number of nitrogens with zero attached hydrogens (tertiary/aromatic N) is 3. The maximum atomic E-state index is 12.9. The molecule has 0 aromatic carbocycles. The molecule has 1 aromatic heterocycles. The Hall–Kier alpha value is -1.91. The molecule has 2 heterocycles. The van der Waals surface area contributed by atoms with Gasteiger partial charge in [0.1, 0.15) is 11.4 Å². The highest BCUT2D eigenvalue weighted by Crippen LogP contribution is 2.32. The van der Waals surface area contributed by atoms with Crippen molar-refractivity contribution in [3.8, 4) is 0 Å². The molecule has 2 aliphatic rings. The fraction of sp³-hybridized carbons (Fsp3) is 0.632. The van der Waals surface area contributed by atoms with Gasteiger partial charge >= 0.3 is 6.09 Å². The third kappa shape index (κ3) is 3.77. The summed E-state index contributed by atoms with van der Waals surface area (Å²) < 4.78 is 5.69. The normalized spacial score (nSPS) is 18.5. The maximum absolute atomic E-state index is 12.9. The van der Waals surface area contributed by atoms with Crippen molar-refractivity contribution in [1.29, 1.82) is 0 Å². The predicted molar refractivity (Wildman–Crippen MR) is 95.8 cm³/mol. The summed E-state index contributed by atoms with van der Waals surface area (Å²) in [5.41, 5.74) is 1.52. The lowest BCUT2D eigenvalue weighted by Crippen LogP contribution is -2.43. The van der Waals surface area contributed by atoms with Gasteiger partial charge in [-0.2, -0.15) is 0 Å². The van der Waals surface area contributed by atoms with Crippen molar-refractivity contribution in [2.24, 2.45) is 4.99 Å². The molecule has 1 fully saturated rings. The van der Waals surface area contributed by atoms with E-state index in [-0.39, 0.29) is 12.1 Å². The van der Waals surface area contributed by atoms with Crippen LogP contribution in [0.15, 0.2) is 23.3 Å². The summed E-state index contributed by atoms with van der Waals surface area (Å²) in [4.78, 5) is 23.9. The summed E-state index contributed by atoms with van der Waals surface area (Å²) in [6.07, 6.45) is 7.77. The van der Waals surface area contributed by atoms with Crippen molar-refractivity contribution >= 4 is 17.6 Å². The summed E-state index contributed by atoms with van der Waals surface area (Å²) in [6.45, 7) is 6.56. The second-order valence-corrected chi connectivity index (χ2v) is 7.60. The van der Waals surface area contributed by atoms with Crippen molar-refractivity contribution in [3.05, 3.63) is 23.9 Å². The third-order valence-electron chi connectivity index (χ3n) is 4.48. The van der Waals surface area contributed by atoms with Crippen molar-refractivity contribution in [2.45, 2.75) is 70.9 Å². The summed E-state index contributed by atoms with van der Waals surface area (Å²) >= 11 is 0. The minimum atomic E-state index is -0.520. The van der Waals surface area contributed by atoms with Crippen molar-refractivity contribution in [3.63, 3.8) is 0 Å². The number of amides is 1. The van der Waals surface area contributed by atoms with Gasteiger partial charge < -0.3 is 4.74 Å².